The fourth-order valence-corrected chi connectivity index (χ4v) is 1.16. The second kappa shape index (κ2) is 4.41. The summed E-state index contributed by atoms with van der Waals surface area (Å²) in [5.74, 6) is 0.810. The summed E-state index contributed by atoms with van der Waals surface area (Å²) in [4.78, 5) is 4.12. The standard InChI is InChI=1S/C9H12N6/c10-8-1-2-9(12-7-8)11-3-5-15-6-4-13-14-15/h1-2,4,6-7H,3,5,10H2,(H,11,12). The molecule has 78 valence electrons. The molecule has 15 heavy (non-hydrogen) atoms. The zero-order valence-corrected chi connectivity index (χ0v) is 8.17. The number of nitrogens with zero attached hydrogens (tertiary/aromatic N) is 4. The van der Waals surface area contributed by atoms with Gasteiger partial charge in [0.1, 0.15) is 5.82 Å². The molecule has 2 aromatic rings. The van der Waals surface area contributed by atoms with E-state index in [4.69, 9.17) is 5.73 Å². The van der Waals surface area contributed by atoms with Gasteiger partial charge in [0.2, 0.25) is 0 Å². The molecule has 0 saturated carbocycles. The predicted octanol–water partition coefficient (Wildman–Crippen LogP) is 0.367. The topological polar surface area (TPSA) is 81.6 Å². The Balaban J connectivity index is 1.81. The smallest absolute Gasteiger partial charge is 0.126 e. The number of pyridine rings is 1. The summed E-state index contributed by atoms with van der Waals surface area (Å²) in [6, 6.07) is 3.65. The highest BCUT2D eigenvalue weighted by molar-refractivity contribution is 5.43. The summed E-state index contributed by atoms with van der Waals surface area (Å²) in [5, 5.41) is 10.7. The van der Waals surface area contributed by atoms with Gasteiger partial charge in [-0.25, -0.2) is 4.98 Å². The van der Waals surface area contributed by atoms with Gasteiger partial charge in [-0.3, -0.25) is 4.68 Å². The van der Waals surface area contributed by atoms with Crippen molar-refractivity contribution in [2.75, 3.05) is 17.6 Å². The number of rotatable bonds is 4. The highest BCUT2D eigenvalue weighted by Gasteiger charge is 1.94. The third-order valence-electron chi connectivity index (χ3n) is 1.91. The second-order valence-electron chi connectivity index (χ2n) is 3.07. The van der Waals surface area contributed by atoms with Gasteiger partial charge in [-0.15, -0.1) is 5.10 Å². The minimum Gasteiger partial charge on any atom is -0.397 e. The first-order valence-electron chi connectivity index (χ1n) is 4.64. The van der Waals surface area contributed by atoms with Crippen molar-refractivity contribution in [3.05, 3.63) is 30.7 Å². The minimum absolute atomic E-state index is 0.664. The van der Waals surface area contributed by atoms with E-state index in [0.29, 0.717) is 5.69 Å². The fourth-order valence-electron chi connectivity index (χ4n) is 1.16. The Morgan fingerprint density at radius 1 is 1.40 bits per heavy atom. The van der Waals surface area contributed by atoms with Crippen molar-refractivity contribution in [2.45, 2.75) is 6.54 Å². The van der Waals surface area contributed by atoms with Crippen molar-refractivity contribution in [2.24, 2.45) is 0 Å². The normalized spacial score (nSPS) is 10.1. The van der Waals surface area contributed by atoms with Crippen LogP contribution in [-0.2, 0) is 6.54 Å². The molecule has 0 unspecified atom stereocenters. The molecule has 0 aromatic carbocycles. The van der Waals surface area contributed by atoms with Crippen LogP contribution in [0.3, 0.4) is 0 Å². The maximum Gasteiger partial charge on any atom is 0.126 e. The van der Waals surface area contributed by atoms with Crippen LogP contribution in [0.2, 0.25) is 0 Å². The first-order valence-corrected chi connectivity index (χ1v) is 4.64. The van der Waals surface area contributed by atoms with E-state index >= 15 is 0 Å². The molecular formula is C9H12N6. The van der Waals surface area contributed by atoms with Crippen LogP contribution >= 0.6 is 0 Å². The maximum atomic E-state index is 5.52. The molecule has 0 saturated heterocycles. The number of nitrogens with two attached hydrogens (primary N) is 1. The Morgan fingerprint density at radius 3 is 3.00 bits per heavy atom. The van der Waals surface area contributed by atoms with E-state index in [1.165, 1.54) is 0 Å². The number of hydrogen-bond acceptors (Lipinski definition) is 5. The molecular weight excluding hydrogens is 192 g/mol. The Bertz CT molecular complexity index is 393. The summed E-state index contributed by atoms with van der Waals surface area (Å²) in [6.07, 6.45) is 5.09. The molecule has 2 aromatic heterocycles. The van der Waals surface area contributed by atoms with E-state index in [0.717, 1.165) is 18.9 Å². The highest BCUT2D eigenvalue weighted by Crippen LogP contribution is 2.04. The van der Waals surface area contributed by atoms with Crippen molar-refractivity contribution in [3.63, 3.8) is 0 Å². The van der Waals surface area contributed by atoms with Gasteiger partial charge >= 0.3 is 0 Å². The molecule has 0 spiro atoms. The zero-order valence-electron chi connectivity index (χ0n) is 8.17. The lowest BCUT2D eigenvalue weighted by molar-refractivity contribution is 0.608. The van der Waals surface area contributed by atoms with Crippen LogP contribution in [0.5, 0.6) is 0 Å². The lowest BCUT2D eigenvalue weighted by Gasteiger charge is -2.04. The largest absolute Gasteiger partial charge is 0.397 e. The summed E-state index contributed by atoms with van der Waals surface area (Å²) in [6.45, 7) is 1.51. The molecule has 0 aliphatic heterocycles. The number of nitrogens with one attached hydrogen (secondary N) is 1. The van der Waals surface area contributed by atoms with Crippen LogP contribution < -0.4 is 11.1 Å². The number of anilines is 2. The molecule has 0 fully saturated rings. The summed E-state index contributed by atoms with van der Waals surface area (Å²) < 4.78 is 1.75. The molecule has 0 amide bonds. The van der Waals surface area contributed by atoms with Crippen LogP contribution in [0.4, 0.5) is 11.5 Å². The molecule has 0 bridgehead atoms. The van der Waals surface area contributed by atoms with Crippen LogP contribution in [0.25, 0.3) is 0 Å². The van der Waals surface area contributed by atoms with Gasteiger partial charge in [0.05, 0.1) is 24.6 Å². The summed E-state index contributed by atoms with van der Waals surface area (Å²) >= 11 is 0. The van der Waals surface area contributed by atoms with E-state index in [9.17, 15) is 0 Å². The first-order chi connectivity index (χ1) is 7.34. The average molecular weight is 204 g/mol. The van der Waals surface area contributed by atoms with E-state index in [2.05, 4.69) is 20.6 Å². The van der Waals surface area contributed by atoms with E-state index < -0.39 is 0 Å². The van der Waals surface area contributed by atoms with Crippen molar-refractivity contribution in [1.29, 1.82) is 0 Å². The van der Waals surface area contributed by atoms with Crippen molar-refractivity contribution < 1.29 is 0 Å². The van der Waals surface area contributed by atoms with Crippen molar-refractivity contribution >= 4 is 11.5 Å². The summed E-state index contributed by atoms with van der Waals surface area (Å²) in [7, 11) is 0. The number of hydrogen-bond donors (Lipinski definition) is 2. The monoisotopic (exact) mass is 204 g/mol. The molecule has 0 radical (unpaired) electrons. The Kier molecular flexibility index (Phi) is 2.77. The lowest BCUT2D eigenvalue weighted by Crippen LogP contribution is -2.11. The van der Waals surface area contributed by atoms with Gasteiger partial charge < -0.3 is 11.1 Å². The molecule has 6 nitrogen and oxygen atoms in total. The SMILES string of the molecule is Nc1ccc(NCCn2ccnn2)nc1. The van der Waals surface area contributed by atoms with Crippen LogP contribution in [0.15, 0.2) is 30.7 Å². The van der Waals surface area contributed by atoms with Crippen molar-refractivity contribution in [1.82, 2.24) is 20.0 Å². The third-order valence-corrected chi connectivity index (χ3v) is 1.91. The lowest BCUT2D eigenvalue weighted by atomic mass is 10.4. The van der Waals surface area contributed by atoms with Gasteiger partial charge in [-0.05, 0) is 12.1 Å². The maximum absolute atomic E-state index is 5.52. The van der Waals surface area contributed by atoms with Crippen molar-refractivity contribution in [3.8, 4) is 0 Å². The molecule has 0 atom stereocenters. The van der Waals surface area contributed by atoms with E-state index in [-0.39, 0.29) is 0 Å². The van der Waals surface area contributed by atoms with Crippen LogP contribution in [0, 0.1) is 0 Å². The molecule has 6 heteroatoms. The van der Waals surface area contributed by atoms with Gasteiger partial charge in [0.15, 0.2) is 0 Å². The second-order valence-corrected chi connectivity index (χ2v) is 3.07. The van der Waals surface area contributed by atoms with Gasteiger partial charge in [0, 0.05) is 12.7 Å². The van der Waals surface area contributed by atoms with Crippen LogP contribution in [-0.4, -0.2) is 26.5 Å². The third kappa shape index (κ3) is 2.67. The zero-order chi connectivity index (χ0) is 10.5. The minimum atomic E-state index is 0.664. The average Bonchev–Trinajstić information content (AvgIpc) is 2.74. The quantitative estimate of drug-likeness (QED) is 0.751. The van der Waals surface area contributed by atoms with E-state index in [1.54, 1.807) is 17.1 Å². The molecule has 0 aliphatic carbocycles. The molecule has 2 rings (SSSR count). The molecule has 0 aliphatic rings. The van der Waals surface area contributed by atoms with E-state index in [1.807, 2.05) is 18.3 Å². The van der Waals surface area contributed by atoms with Gasteiger partial charge in [-0.1, -0.05) is 5.21 Å². The Hall–Kier alpha value is -2.11. The van der Waals surface area contributed by atoms with Gasteiger partial charge in [0.25, 0.3) is 0 Å². The Labute approximate surface area is 87.1 Å². The Morgan fingerprint density at radius 2 is 2.33 bits per heavy atom. The molecule has 2 heterocycles. The van der Waals surface area contributed by atoms with Gasteiger partial charge in [-0.2, -0.15) is 0 Å². The fraction of sp³-hybridized carbons (Fsp3) is 0.222. The molecule has 3 N–H and O–H groups in total. The summed E-state index contributed by atoms with van der Waals surface area (Å²) in [5.41, 5.74) is 6.18. The number of aromatic nitrogens is 4. The number of nitrogen functional groups attached to an aromatic ring is 1. The predicted molar refractivity (Wildman–Crippen MR) is 57.2 cm³/mol. The first kappa shape index (κ1) is 9.45. The highest BCUT2D eigenvalue weighted by atomic mass is 15.4. The van der Waals surface area contributed by atoms with Crippen LogP contribution in [0.1, 0.15) is 0 Å².